The predicted molar refractivity (Wildman–Crippen MR) is 77.3 cm³/mol. The number of carbonyl (C=O) groups excluding carboxylic acids is 2. The highest BCUT2D eigenvalue weighted by molar-refractivity contribution is 6.33. The largest absolute Gasteiger partial charge is 0.466 e. The summed E-state index contributed by atoms with van der Waals surface area (Å²) in [5.41, 5.74) is 0.661. The Balaban J connectivity index is 2.71. The minimum absolute atomic E-state index is 0.0283. The Morgan fingerprint density at radius 2 is 2.05 bits per heavy atom. The van der Waals surface area contributed by atoms with Crippen LogP contribution < -0.4 is 5.32 Å². The molecular formula is C13H15ClN2O5. The molecule has 0 atom stereocenters. The SMILES string of the molecule is CCOC(=O)CCC(=O)Nc1cc(Cl)c([N+](=O)[O-])cc1C. The van der Waals surface area contributed by atoms with Gasteiger partial charge in [-0.2, -0.15) is 0 Å². The second-order valence-corrected chi connectivity index (χ2v) is 4.64. The van der Waals surface area contributed by atoms with Crippen molar-refractivity contribution in [2.45, 2.75) is 26.7 Å². The summed E-state index contributed by atoms with van der Waals surface area (Å²) in [6.07, 6.45) is -0.0632. The molecule has 21 heavy (non-hydrogen) atoms. The van der Waals surface area contributed by atoms with Crippen LogP contribution in [0.15, 0.2) is 12.1 Å². The first-order chi connectivity index (χ1) is 9.85. The fourth-order valence-electron chi connectivity index (χ4n) is 1.60. The third kappa shape index (κ3) is 5.03. The molecule has 1 amide bonds. The molecule has 0 spiro atoms. The summed E-state index contributed by atoms with van der Waals surface area (Å²) in [7, 11) is 0. The van der Waals surface area contributed by atoms with E-state index in [1.165, 1.54) is 12.1 Å². The Kier molecular flexibility index (Phi) is 6.10. The first-order valence-electron chi connectivity index (χ1n) is 6.25. The summed E-state index contributed by atoms with van der Waals surface area (Å²) < 4.78 is 4.71. The van der Waals surface area contributed by atoms with Crippen molar-refractivity contribution >= 4 is 34.9 Å². The van der Waals surface area contributed by atoms with Gasteiger partial charge in [0.15, 0.2) is 0 Å². The van der Waals surface area contributed by atoms with Crippen LogP contribution in [0.5, 0.6) is 0 Å². The Hall–Kier alpha value is -2.15. The van der Waals surface area contributed by atoms with Gasteiger partial charge in [0, 0.05) is 18.2 Å². The predicted octanol–water partition coefficient (Wildman–Crippen LogP) is 2.84. The van der Waals surface area contributed by atoms with Gasteiger partial charge in [-0.05, 0) is 25.5 Å². The normalized spacial score (nSPS) is 10.0. The number of anilines is 1. The highest BCUT2D eigenvalue weighted by atomic mass is 35.5. The van der Waals surface area contributed by atoms with Gasteiger partial charge in [0.05, 0.1) is 18.0 Å². The smallest absolute Gasteiger partial charge is 0.306 e. The van der Waals surface area contributed by atoms with E-state index in [1.807, 2.05) is 0 Å². The van der Waals surface area contributed by atoms with Gasteiger partial charge in [-0.1, -0.05) is 11.6 Å². The van der Waals surface area contributed by atoms with Crippen molar-refractivity contribution in [1.29, 1.82) is 0 Å². The summed E-state index contributed by atoms with van der Waals surface area (Å²) in [6, 6.07) is 2.60. The molecule has 0 saturated carbocycles. The van der Waals surface area contributed by atoms with Crippen LogP contribution in [0.4, 0.5) is 11.4 Å². The van der Waals surface area contributed by atoms with E-state index in [0.29, 0.717) is 11.3 Å². The molecule has 1 aromatic carbocycles. The van der Waals surface area contributed by atoms with E-state index in [4.69, 9.17) is 16.3 Å². The van der Waals surface area contributed by atoms with Crippen LogP contribution in [0.1, 0.15) is 25.3 Å². The highest BCUT2D eigenvalue weighted by Gasteiger charge is 2.16. The third-order valence-corrected chi connectivity index (χ3v) is 2.93. The number of amides is 1. The van der Waals surface area contributed by atoms with Gasteiger partial charge in [0.25, 0.3) is 5.69 Å². The number of carbonyl (C=O) groups is 2. The maximum atomic E-state index is 11.7. The Labute approximate surface area is 126 Å². The summed E-state index contributed by atoms with van der Waals surface area (Å²) in [5.74, 6) is -0.845. The van der Waals surface area contributed by atoms with E-state index in [0.717, 1.165) is 0 Å². The molecule has 0 heterocycles. The summed E-state index contributed by atoms with van der Waals surface area (Å²) in [4.78, 5) is 33.0. The molecular weight excluding hydrogens is 300 g/mol. The number of nitrogens with one attached hydrogen (secondary N) is 1. The Morgan fingerprint density at radius 3 is 2.62 bits per heavy atom. The van der Waals surface area contributed by atoms with Gasteiger partial charge in [-0.25, -0.2) is 0 Å². The number of halogens is 1. The maximum absolute atomic E-state index is 11.7. The first-order valence-corrected chi connectivity index (χ1v) is 6.63. The topological polar surface area (TPSA) is 98.5 Å². The second-order valence-electron chi connectivity index (χ2n) is 4.23. The number of aryl methyl sites for hydroxylation is 1. The molecule has 0 fully saturated rings. The number of benzene rings is 1. The van der Waals surface area contributed by atoms with Gasteiger partial charge >= 0.3 is 5.97 Å². The number of hydrogen-bond acceptors (Lipinski definition) is 5. The minimum atomic E-state index is -0.596. The van der Waals surface area contributed by atoms with Crippen LogP contribution in [0, 0.1) is 17.0 Å². The van der Waals surface area contributed by atoms with Crippen molar-refractivity contribution in [1.82, 2.24) is 0 Å². The zero-order chi connectivity index (χ0) is 16.0. The van der Waals surface area contributed by atoms with Gasteiger partial charge in [0.1, 0.15) is 5.02 Å². The van der Waals surface area contributed by atoms with E-state index in [-0.39, 0.29) is 30.2 Å². The van der Waals surface area contributed by atoms with Crippen molar-refractivity contribution in [3.8, 4) is 0 Å². The summed E-state index contributed by atoms with van der Waals surface area (Å²) >= 11 is 5.78. The first kappa shape index (κ1) is 16.9. The Morgan fingerprint density at radius 1 is 1.38 bits per heavy atom. The number of nitrogens with zero attached hydrogens (tertiary/aromatic N) is 1. The van der Waals surface area contributed by atoms with E-state index >= 15 is 0 Å². The molecule has 7 nitrogen and oxygen atoms in total. The highest BCUT2D eigenvalue weighted by Crippen LogP contribution is 2.30. The van der Waals surface area contributed by atoms with Crippen LogP contribution in [0.25, 0.3) is 0 Å². The van der Waals surface area contributed by atoms with Crippen LogP contribution in [0.3, 0.4) is 0 Å². The van der Waals surface area contributed by atoms with E-state index in [2.05, 4.69) is 5.32 Å². The molecule has 0 aliphatic rings. The fraction of sp³-hybridized carbons (Fsp3) is 0.385. The number of nitro benzene ring substituents is 1. The lowest BCUT2D eigenvalue weighted by Gasteiger charge is -2.09. The standard InChI is InChI=1S/C13H15ClN2O5/c1-3-21-13(18)5-4-12(17)15-10-7-9(14)11(16(19)20)6-8(10)2/h6-7H,3-5H2,1-2H3,(H,15,17). The average molecular weight is 315 g/mol. The van der Waals surface area contributed by atoms with E-state index in [9.17, 15) is 19.7 Å². The van der Waals surface area contributed by atoms with Crippen LogP contribution >= 0.6 is 11.6 Å². The second kappa shape index (κ2) is 7.58. The molecule has 0 aromatic heterocycles. The number of ether oxygens (including phenoxy) is 1. The summed E-state index contributed by atoms with van der Waals surface area (Å²) in [5, 5.41) is 13.2. The van der Waals surface area contributed by atoms with E-state index in [1.54, 1.807) is 13.8 Å². The molecule has 1 aromatic rings. The van der Waals surface area contributed by atoms with E-state index < -0.39 is 16.8 Å². The molecule has 8 heteroatoms. The quantitative estimate of drug-likeness (QED) is 0.494. The fourth-order valence-corrected chi connectivity index (χ4v) is 1.83. The average Bonchev–Trinajstić information content (AvgIpc) is 2.40. The van der Waals surface area contributed by atoms with Crippen molar-refractivity contribution in [2.75, 3.05) is 11.9 Å². The molecule has 0 unspecified atom stereocenters. The molecule has 0 aliphatic heterocycles. The molecule has 0 saturated heterocycles. The van der Waals surface area contributed by atoms with Gasteiger partial charge in [-0.3, -0.25) is 19.7 Å². The minimum Gasteiger partial charge on any atom is -0.466 e. The Bertz CT molecular complexity index is 574. The molecule has 1 rings (SSSR count). The number of esters is 1. The maximum Gasteiger partial charge on any atom is 0.306 e. The third-order valence-electron chi connectivity index (χ3n) is 2.63. The molecule has 0 bridgehead atoms. The van der Waals surface area contributed by atoms with Crippen molar-refractivity contribution in [3.63, 3.8) is 0 Å². The van der Waals surface area contributed by atoms with Gasteiger partial charge < -0.3 is 10.1 Å². The van der Waals surface area contributed by atoms with Crippen molar-refractivity contribution < 1.29 is 19.2 Å². The lowest BCUT2D eigenvalue weighted by atomic mass is 10.1. The van der Waals surface area contributed by atoms with Crippen LogP contribution in [0.2, 0.25) is 5.02 Å². The van der Waals surface area contributed by atoms with Crippen molar-refractivity contribution in [2.24, 2.45) is 0 Å². The van der Waals surface area contributed by atoms with Crippen LogP contribution in [-0.4, -0.2) is 23.4 Å². The van der Waals surface area contributed by atoms with Crippen LogP contribution in [-0.2, 0) is 14.3 Å². The zero-order valence-electron chi connectivity index (χ0n) is 11.6. The monoisotopic (exact) mass is 314 g/mol. The zero-order valence-corrected chi connectivity index (χ0v) is 12.4. The lowest BCUT2D eigenvalue weighted by molar-refractivity contribution is -0.384. The number of rotatable bonds is 6. The molecule has 1 N–H and O–H groups in total. The lowest BCUT2D eigenvalue weighted by Crippen LogP contribution is -2.15. The summed E-state index contributed by atoms with van der Waals surface area (Å²) in [6.45, 7) is 3.56. The van der Waals surface area contributed by atoms with Gasteiger partial charge in [0.2, 0.25) is 5.91 Å². The molecule has 0 radical (unpaired) electrons. The van der Waals surface area contributed by atoms with Gasteiger partial charge in [-0.15, -0.1) is 0 Å². The number of nitro groups is 1. The van der Waals surface area contributed by atoms with Crippen molar-refractivity contribution in [3.05, 3.63) is 32.8 Å². The molecule has 0 aliphatic carbocycles. The molecule has 114 valence electrons. The number of hydrogen-bond donors (Lipinski definition) is 1.